The van der Waals surface area contributed by atoms with Gasteiger partial charge in [-0.25, -0.2) is 9.59 Å². The summed E-state index contributed by atoms with van der Waals surface area (Å²) < 4.78 is 27.2. The predicted molar refractivity (Wildman–Crippen MR) is 107 cm³/mol. The number of hydrogen-bond acceptors (Lipinski definition) is 8. The molecular weight excluding hydrogens is 404 g/mol. The standard InChI is InChI=1S/C23H22O8/c1-13-11-27-21-19(12-28-20(13)21)31-23(26)16-5-9-18(10-6-16)30-22(25)15-3-7-17(8-4-15)29-14(2)24/h3-10,13,19-21H,11-12H2,1-2H3/t13-,19+,20?,21?/m0/s1. The Morgan fingerprint density at radius 2 is 1.32 bits per heavy atom. The quantitative estimate of drug-likeness (QED) is 0.532. The van der Waals surface area contributed by atoms with Crippen molar-refractivity contribution in [2.24, 2.45) is 5.92 Å². The first-order valence-corrected chi connectivity index (χ1v) is 9.95. The summed E-state index contributed by atoms with van der Waals surface area (Å²) in [5.74, 6) is -0.617. The van der Waals surface area contributed by atoms with Crippen molar-refractivity contribution in [1.82, 2.24) is 0 Å². The minimum Gasteiger partial charge on any atom is -0.453 e. The topological polar surface area (TPSA) is 97.4 Å². The zero-order chi connectivity index (χ0) is 22.0. The Bertz CT molecular complexity index is 966. The largest absolute Gasteiger partial charge is 0.453 e. The van der Waals surface area contributed by atoms with Crippen molar-refractivity contribution >= 4 is 17.9 Å². The molecule has 0 aromatic heterocycles. The van der Waals surface area contributed by atoms with Gasteiger partial charge in [0.05, 0.1) is 30.4 Å². The van der Waals surface area contributed by atoms with Gasteiger partial charge in [0.1, 0.15) is 17.6 Å². The van der Waals surface area contributed by atoms with Gasteiger partial charge in [0, 0.05) is 12.8 Å². The van der Waals surface area contributed by atoms with E-state index in [0.29, 0.717) is 30.1 Å². The van der Waals surface area contributed by atoms with E-state index >= 15 is 0 Å². The lowest BCUT2D eigenvalue weighted by molar-refractivity contribution is -0.131. The SMILES string of the molecule is CC(=O)Oc1ccc(C(=O)Oc2ccc(C(=O)O[C@@H]3COC4C3OC[C@@H]4C)cc2)cc1. The van der Waals surface area contributed by atoms with Crippen LogP contribution >= 0.6 is 0 Å². The molecule has 0 N–H and O–H groups in total. The number of rotatable bonds is 5. The van der Waals surface area contributed by atoms with Crippen molar-refractivity contribution in [3.05, 3.63) is 59.7 Å². The Morgan fingerprint density at radius 3 is 1.94 bits per heavy atom. The van der Waals surface area contributed by atoms with E-state index in [-0.39, 0.29) is 23.9 Å². The number of esters is 3. The molecule has 4 atom stereocenters. The van der Waals surface area contributed by atoms with E-state index in [2.05, 4.69) is 0 Å². The molecule has 31 heavy (non-hydrogen) atoms. The second kappa shape index (κ2) is 8.87. The molecule has 8 heteroatoms. The van der Waals surface area contributed by atoms with Crippen LogP contribution in [0.2, 0.25) is 0 Å². The number of carbonyl (C=O) groups excluding carboxylic acids is 3. The van der Waals surface area contributed by atoms with Gasteiger partial charge >= 0.3 is 17.9 Å². The Kier molecular flexibility index (Phi) is 6.01. The number of ether oxygens (including phenoxy) is 5. The van der Waals surface area contributed by atoms with Crippen molar-refractivity contribution in [3.63, 3.8) is 0 Å². The maximum Gasteiger partial charge on any atom is 0.343 e. The van der Waals surface area contributed by atoms with Crippen molar-refractivity contribution in [2.45, 2.75) is 32.2 Å². The van der Waals surface area contributed by atoms with E-state index in [1.807, 2.05) is 6.92 Å². The summed E-state index contributed by atoms with van der Waals surface area (Å²) in [5, 5.41) is 0. The summed E-state index contributed by atoms with van der Waals surface area (Å²) in [4.78, 5) is 35.7. The first kappa shape index (κ1) is 21.0. The second-order valence-electron chi connectivity index (χ2n) is 7.55. The van der Waals surface area contributed by atoms with Crippen LogP contribution in [0, 0.1) is 5.92 Å². The lowest BCUT2D eigenvalue weighted by Crippen LogP contribution is -2.32. The smallest absolute Gasteiger partial charge is 0.343 e. The average molecular weight is 426 g/mol. The number of benzene rings is 2. The highest BCUT2D eigenvalue weighted by Gasteiger charge is 2.47. The molecular formula is C23H22O8. The van der Waals surface area contributed by atoms with E-state index in [9.17, 15) is 14.4 Å². The summed E-state index contributed by atoms with van der Waals surface area (Å²) in [6.45, 7) is 4.25. The molecule has 2 aliphatic rings. The molecule has 0 spiro atoms. The summed E-state index contributed by atoms with van der Waals surface area (Å²) in [7, 11) is 0. The van der Waals surface area contributed by atoms with Gasteiger partial charge in [-0.05, 0) is 48.5 Å². The van der Waals surface area contributed by atoms with Gasteiger partial charge in [-0.3, -0.25) is 4.79 Å². The molecule has 2 unspecified atom stereocenters. The fourth-order valence-electron chi connectivity index (χ4n) is 3.61. The molecule has 4 rings (SSSR count). The van der Waals surface area contributed by atoms with Crippen molar-refractivity contribution < 1.29 is 38.1 Å². The van der Waals surface area contributed by atoms with Gasteiger partial charge in [-0.2, -0.15) is 0 Å². The molecule has 0 aliphatic carbocycles. The van der Waals surface area contributed by atoms with Gasteiger partial charge < -0.3 is 23.7 Å². The van der Waals surface area contributed by atoms with Crippen LogP contribution in [-0.2, 0) is 19.0 Å². The van der Waals surface area contributed by atoms with Gasteiger partial charge in [0.2, 0.25) is 0 Å². The first-order chi connectivity index (χ1) is 14.9. The Labute approximate surface area is 179 Å². The van der Waals surface area contributed by atoms with Crippen molar-refractivity contribution in [3.8, 4) is 11.5 Å². The van der Waals surface area contributed by atoms with Gasteiger partial charge in [-0.1, -0.05) is 6.92 Å². The van der Waals surface area contributed by atoms with E-state index in [1.54, 1.807) is 0 Å². The maximum atomic E-state index is 12.5. The van der Waals surface area contributed by atoms with Gasteiger partial charge in [0.15, 0.2) is 6.10 Å². The minimum atomic E-state index is -0.577. The highest BCUT2D eigenvalue weighted by molar-refractivity contribution is 5.92. The van der Waals surface area contributed by atoms with Gasteiger partial charge in [-0.15, -0.1) is 0 Å². The zero-order valence-electron chi connectivity index (χ0n) is 17.1. The van der Waals surface area contributed by atoms with Crippen LogP contribution in [0.1, 0.15) is 34.6 Å². The molecule has 2 heterocycles. The van der Waals surface area contributed by atoms with Crippen molar-refractivity contribution in [2.75, 3.05) is 13.2 Å². The molecule has 2 aliphatic heterocycles. The van der Waals surface area contributed by atoms with Crippen LogP contribution in [0.25, 0.3) is 0 Å². The normalized spacial score (nSPS) is 24.3. The molecule has 8 nitrogen and oxygen atoms in total. The molecule has 0 amide bonds. The second-order valence-corrected chi connectivity index (χ2v) is 7.55. The molecule has 2 saturated heterocycles. The van der Waals surface area contributed by atoms with Crippen LogP contribution in [0.15, 0.2) is 48.5 Å². The van der Waals surface area contributed by atoms with Crippen LogP contribution in [0.4, 0.5) is 0 Å². The molecule has 2 aromatic rings. The lowest BCUT2D eigenvalue weighted by atomic mass is 10.0. The molecule has 162 valence electrons. The third-order valence-electron chi connectivity index (χ3n) is 5.17. The Balaban J connectivity index is 1.33. The van der Waals surface area contributed by atoms with Crippen LogP contribution in [0.3, 0.4) is 0 Å². The van der Waals surface area contributed by atoms with E-state index in [0.717, 1.165) is 0 Å². The molecule has 2 fully saturated rings. The molecule has 2 aromatic carbocycles. The van der Waals surface area contributed by atoms with E-state index < -0.39 is 24.0 Å². The van der Waals surface area contributed by atoms with Crippen LogP contribution in [0.5, 0.6) is 11.5 Å². The Morgan fingerprint density at radius 1 is 0.774 bits per heavy atom. The Hall–Kier alpha value is -3.23. The number of hydrogen-bond donors (Lipinski definition) is 0. The summed E-state index contributed by atoms with van der Waals surface area (Å²) in [5.41, 5.74) is 0.626. The lowest BCUT2D eigenvalue weighted by Gasteiger charge is -2.16. The predicted octanol–water partition coefficient (Wildman–Crippen LogP) is 2.79. The zero-order valence-corrected chi connectivity index (χ0v) is 17.1. The first-order valence-electron chi connectivity index (χ1n) is 9.95. The monoisotopic (exact) mass is 426 g/mol. The third kappa shape index (κ3) is 4.76. The summed E-state index contributed by atoms with van der Waals surface area (Å²) in [6.07, 6.45) is -0.705. The van der Waals surface area contributed by atoms with Crippen LogP contribution in [-0.4, -0.2) is 49.4 Å². The maximum absolute atomic E-state index is 12.5. The van der Waals surface area contributed by atoms with E-state index in [1.165, 1.54) is 55.5 Å². The summed E-state index contributed by atoms with van der Waals surface area (Å²) in [6, 6.07) is 12.1. The molecule has 0 bridgehead atoms. The van der Waals surface area contributed by atoms with Crippen molar-refractivity contribution in [1.29, 1.82) is 0 Å². The fraction of sp³-hybridized carbons (Fsp3) is 0.348. The molecule has 0 radical (unpaired) electrons. The van der Waals surface area contributed by atoms with E-state index in [4.69, 9.17) is 23.7 Å². The molecule has 0 saturated carbocycles. The number of carbonyl (C=O) groups is 3. The highest BCUT2D eigenvalue weighted by atomic mass is 16.6. The highest BCUT2D eigenvalue weighted by Crippen LogP contribution is 2.32. The van der Waals surface area contributed by atoms with Crippen LogP contribution < -0.4 is 9.47 Å². The summed E-state index contributed by atoms with van der Waals surface area (Å²) >= 11 is 0. The number of fused-ring (bicyclic) bond motifs is 1. The minimum absolute atomic E-state index is 0.0392. The average Bonchev–Trinajstić information content (AvgIpc) is 3.32. The fourth-order valence-corrected chi connectivity index (χ4v) is 3.61. The van der Waals surface area contributed by atoms with Gasteiger partial charge in [0.25, 0.3) is 0 Å². The third-order valence-corrected chi connectivity index (χ3v) is 5.17.